The van der Waals surface area contributed by atoms with E-state index in [4.69, 9.17) is 4.74 Å². The van der Waals surface area contributed by atoms with Crippen molar-refractivity contribution in [2.75, 3.05) is 6.61 Å². The fourth-order valence-electron chi connectivity index (χ4n) is 2.89. The smallest absolute Gasteiger partial charge is 0.311 e. The van der Waals surface area contributed by atoms with Gasteiger partial charge in [-0.3, -0.25) is 4.79 Å². The monoisotopic (exact) mass is 330 g/mol. The van der Waals surface area contributed by atoms with Crippen LogP contribution in [0.2, 0.25) is 0 Å². The van der Waals surface area contributed by atoms with Crippen molar-refractivity contribution in [1.29, 1.82) is 0 Å². The van der Waals surface area contributed by atoms with Crippen LogP contribution in [0.1, 0.15) is 44.8 Å². The number of hydrogen-bond acceptors (Lipinski definition) is 3. The molecule has 0 saturated heterocycles. The van der Waals surface area contributed by atoms with E-state index in [2.05, 4.69) is 6.92 Å². The van der Waals surface area contributed by atoms with Gasteiger partial charge in [0.1, 0.15) is 5.75 Å². The molecule has 0 aromatic heterocycles. The molecule has 0 spiro atoms. The number of aliphatic carboxylic acids is 1. The maximum Gasteiger partial charge on any atom is 0.311 e. The van der Waals surface area contributed by atoms with Crippen LogP contribution in [0.15, 0.2) is 48.6 Å². The molecule has 1 aliphatic carbocycles. The minimum atomic E-state index is -0.856. The first kappa shape index (κ1) is 18.3. The normalized spacial score (nSPS) is 23.9. The minimum Gasteiger partial charge on any atom is -0.493 e. The Balaban J connectivity index is 2.05. The van der Waals surface area contributed by atoms with Crippen molar-refractivity contribution in [2.45, 2.75) is 39.2 Å². The van der Waals surface area contributed by atoms with Crippen molar-refractivity contribution < 1.29 is 19.7 Å². The second-order valence-electron chi connectivity index (χ2n) is 6.58. The van der Waals surface area contributed by atoms with Crippen LogP contribution in [0.3, 0.4) is 0 Å². The van der Waals surface area contributed by atoms with Crippen LogP contribution >= 0.6 is 0 Å². The highest BCUT2D eigenvalue weighted by molar-refractivity contribution is 5.74. The summed E-state index contributed by atoms with van der Waals surface area (Å²) in [5.74, 6) is -0.817. The molecule has 2 rings (SSSR count). The Hall–Kier alpha value is -2.07. The number of hydrogen-bond donors (Lipinski definition) is 2. The highest BCUT2D eigenvalue weighted by Crippen LogP contribution is 2.34. The lowest BCUT2D eigenvalue weighted by atomic mass is 9.75. The van der Waals surface area contributed by atoms with E-state index in [0.717, 1.165) is 24.8 Å². The first-order valence-electron chi connectivity index (χ1n) is 8.46. The van der Waals surface area contributed by atoms with Crippen molar-refractivity contribution in [3.63, 3.8) is 0 Å². The van der Waals surface area contributed by atoms with Gasteiger partial charge in [0, 0.05) is 5.41 Å². The van der Waals surface area contributed by atoms with Gasteiger partial charge >= 0.3 is 5.97 Å². The standard InChI is InChI=1S/C20H26O4/c1-3-4-11-18(21)15-8-7-9-16(13-15)24-14-20(2)12-6-5-10-17(20)19(22)23/h5-10,12-13,17-18,21H,3-4,11,14H2,1-2H3,(H,22,23). The Morgan fingerprint density at radius 2 is 2.17 bits per heavy atom. The van der Waals surface area contributed by atoms with Gasteiger partial charge in [0.25, 0.3) is 0 Å². The van der Waals surface area contributed by atoms with Crippen LogP contribution in [0.4, 0.5) is 0 Å². The molecule has 4 heteroatoms. The lowest BCUT2D eigenvalue weighted by Gasteiger charge is -2.32. The average Bonchev–Trinajstić information content (AvgIpc) is 2.58. The summed E-state index contributed by atoms with van der Waals surface area (Å²) in [5.41, 5.74) is 0.234. The van der Waals surface area contributed by atoms with Crippen LogP contribution < -0.4 is 4.74 Å². The second kappa shape index (κ2) is 8.15. The summed E-state index contributed by atoms with van der Waals surface area (Å²) in [7, 11) is 0. The highest BCUT2D eigenvalue weighted by atomic mass is 16.5. The SMILES string of the molecule is CCCCC(O)c1cccc(OCC2(C)C=CC=CC2C(=O)O)c1. The Labute approximate surface area is 143 Å². The number of allylic oxidation sites excluding steroid dienone is 2. The largest absolute Gasteiger partial charge is 0.493 e. The third-order valence-electron chi connectivity index (χ3n) is 4.49. The van der Waals surface area contributed by atoms with Crippen LogP contribution in [-0.2, 0) is 4.79 Å². The van der Waals surface area contributed by atoms with Gasteiger partial charge in [-0.2, -0.15) is 0 Å². The van der Waals surface area contributed by atoms with E-state index in [-0.39, 0.29) is 6.61 Å². The summed E-state index contributed by atoms with van der Waals surface area (Å²) < 4.78 is 5.86. The maximum atomic E-state index is 11.5. The molecule has 24 heavy (non-hydrogen) atoms. The average molecular weight is 330 g/mol. The third kappa shape index (κ3) is 4.48. The fraction of sp³-hybridized carbons (Fsp3) is 0.450. The first-order chi connectivity index (χ1) is 11.5. The van der Waals surface area contributed by atoms with Crippen molar-refractivity contribution in [3.05, 3.63) is 54.1 Å². The molecule has 0 aliphatic heterocycles. The quantitative estimate of drug-likeness (QED) is 0.752. The van der Waals surface area contributed by atoms with Gasteiger partial charge in [-0.25, -0.2) is 0 Å². The lowest BCUT2D eigenvalue weighted by molar-refractivity contribution is -0.143. The number of rotatable bonds is 8. The van der Waals surface area contributed by atoms with E-state index >= 15 is 0 Å². The minimum absolute atomic E-state index is 0.263. The first-order valence-corrected chi connectivity index (χ1v) is 8.46. The number of carboxylic acids is 1. The fourth-order valence-corrected chi connectivity index (χ4v) is 2.89. The number of benzene rings is 1. The van der Waals surface area contributed by atoms with Crippen LogP contribution in [-0.4, -0.2) is 22.8 Å². The molecular formula is C20H26O4. The Morgan fingerprint density at radius 1 is 1.38 bits per heavy atom. The van der Waals surface area contributed by atoms with Gasteiger partial charge in [-0.1, -0.05) is 63.1 Å². The van der Waals surface area contributed by atoms with Gasteiger partial charge in [-0.05, 0) is 24.1 Å². The van der Waals surface area contributed by atoms with Crippen LogP contribution in [0.5, 0.6) is 5.75 Å². The summed E-state index contributed by atoms with van der Waals surface area (Å²) >= 11 is 0. The topological polar surface area (TPSA) is 66.8 Å². The van der Waals surface area contributed by atoms with Gasteiger partial charge in [-0.15, -0.1) is 0 Å². The van der Waals surface area contributed by atoms with E-state index in [0.29, 0.717) is 5.75 Å². The Bertz CT molecular complexity index is 620. The molecule has 0 amide bonds. The molecule has 130 valence electrons. The van der Waals surface area contributed by atoms with E-state index in [1.807, 2.05) is 43.3 Å². The molecule has 0 heterocycles. The van der Waals surface area contributed by atoms with Gasteiger partial charge in [0.05, 0.1) is 18.6 Å². The summed E-state index contributed by atoms with van der Waals surface area (Å²) in [6.07, 6.45) is 9.44. The van der Waals surface area contributed by atoms with Crippen molar-refractivity contribution in [1.82, 2.24) is 0 Å². The van der Waals surface area contributed by atoms with Crippen LogP contribution in [0, 0.1) is 11.3 Å². The Kier molecular flexibility index (Phi) is 6.21. The highest BCUT2D eigenvalue weighted by Gasteiger charge is 2.37. The molecule has 3 atom stereocenters. The zero-order chi connectivity index (χ0) is 17.6. The molecule has 0 fully saturated rings. The zero-order valence-electron chi connectivity index (χ0n) is 14.3. The molecule has 0 radical (unpaired) electrons. The summed E-state index contributed by atoms with van der Waals surface area (Å²) in [6.45, 7) is 4.24. The number of carbonyl (C=O) groups is 1. The third-order valence-corrected chi connectivity index (χ3v) is 4.49. The van der Waals surface area contributed by atoms with E-state index in [9.17, 15) is 15.0 Å². The molecular weight excluding hydrogens is 304 g/mol. The van der Waals surface area contributed by atoms with Crippen LogP contribution in [0.25, 0.3) is 0 Å². The summed E-state index contributed by atoms with van der Waals surface area (Å²) in [6, 6.07) is 7.41. The number of aliphatic hydroxyl groups excluding tert-OH is 1. The number of unbranched alkanes of at least 4 members (excludes halogenated alkanes) is 1. The van der Waals surface area contributed by atoms with Crippen molar-refractivity contribution in [3.8, 4) is 5.75 Å². The number of aliphatic hydroxyl groups is 1. The maximum absolute atomic E-state index is 11.5. The molecule has 2 N–H and O–H groups in total. The van der Waals surface area contributed by atoms with Gasteiger partial charge < -0.3 is 14.9 Å². The van der Waals surface area contributed by atoms with E-state index in [1.54, 1.807) is 12.2 Å². The van der Waals surface area contributed by atoms with E-state index in [1.165, 1.54) is 0 Å². The predicted molar refractivity (Wildman–Crippen MR) is 93.9 cm³/mol. The van der Waals surface area contributed by atoms with Crippen molar-refractivity contribution >= 4 is 5.97 Å². The molecule has 4 nitrogen and oxygen atoms in total. The summed E-state index contributed by atoms with van der Waals surface area (Å²) in [4.78, 5) is 11.5. The molecule has 1 aromatic rings. The Morgan fingerprint density at radius 3 is 2.88 bits per heavy atom. The van der Waals surface area contributed by atoms with Crippen molar-refractivity contribution in [2.24, 2.45) is 11.3 Å². The van der Waals surface area contributed by atoms with Gasteiger partial charge in [0.2, 0.25) is 0 Å². The second-order valence-corrected chi connectivity index (χ2v) is 6.58. The van der Waals surface area contributed by atoms with E-state index < -0.39 is 23.4 Å². The summed E-state index contributed by atoms with van der Waals surface area (Å²) in [5, 5.41) is 19.6. The number of carboxylic acid groups (broad SMARTS) is 1. The molecule has 3 unspecified atom stereocenters. The predicted octanol–water partition coefficient (Wildman–Crippen LogP) is 4.12. The molecule has 1 aromatic carbocycles. The zero-order valence-corrected chi connectivity index (χ0v) is 14.3. The van der Waals surface area contributed by atoms with Gasteiger partial charge in [0.15, 0.2) is 0 Å². The molecule has 0 bridgehead atoms. The number of ether oxygens (including phenoxy) is 1. The molecule has 0 saturated carbocycles. The lowest BCUT2D eigenvalue weighted by Crippen LogP contribution is -2.36. The molecule has 1 aliphatic rings.